The zero-order valence-corrected chi connectivity index (χ0v) is 10.2. The van der Waals surface area contributed by atoms with E-state index in [0.29, 0.717) is 22.1 Å². The van der Waals surface area contributed by atoms with E-state index in [-0.39, 0.29) is 6.42 Å². The Morgan fingerprint density at radius 2 is 1.89 bits per heavy atom. The Bertz CT molecular complexity index is 552. The highest BCUT2D eigenvalue weighted by atomic mass is 35.5. The second-order valence-electron chi connectivity index (χ2n) is 3.75. The molecule has 0 unspecified atom stereocenters. The van der Waals surface area contributed by atoms with E-state index in [1.165, 1.54) is 0 Å². The number of hydrogen-bond donors (Lipinski definition) is 1. The van der Waals surface area contributed by atoms with E-state index in [1.807, 2.05) is 30.3 Å². The predicted molar refractivity (Wildman–Crippen MR) is 69.3 cm³/mol. The zero-order valence-electron chi connectivity index (χ0n) is 9.47. The van der Waals surface area contributed by atoms with Gasteiger partial charge in [-0.1, -0.05) is 35.9 Å². The lowest BCUT2D eigenvalue weighted by Crippen LogP contribution is -1.99. The molecule has 2 aromatic carbocycles. The van der Waals surface area contributed by atoms with Gasteiger partial charge in [0.2, 0.25) is 0 Å². The molecule has 0 heterocycles. The number of aliphatic carboxylic acids is 1. The molecule has 3 nitrogen and oxygen atoms in total. The van der Waals surface area contributed by atoms with Crippen LogP contribution in [0.4, 0.5) is 0 Å². The Hall–Kier alpha value is -2.00. The number of hydrogen-bond acceptors (Lipinski definition) is 2. The van der Waals surface area contributed by atoms with Gasteiger partial charge in [0.1, 0.15) is 11.5 Å². The van der Waals surface area contributed by atoms with Crippen molar-refractivity contribution in [3.63, 3.8) is 0 Å². The third-order valence-corrected chi connectivity index (χ3v) is 2.62. The Balaban J connectivity index is 2.17. The zero-order chi connectivity index (χ0) is 13.0. The third kappa shape index (κ3) is 3.25. The van der Waals surface area contributed by atoms with Gasteiger partial charge in [0.05, 0.1) is 11.4 Å². The van der Waals surface area contributed by atoms with Gasteiger partial charge in [0.15, 0.2) is 0 Å². The van der Waals surface area contributed by atoms with Crippen molar-refractivity contribution in [2.75, 3.05) is 0 Å². The molecular weight excluding hydrogens is 252 g/mol. The topological polar surface area (TPSA) is 46.5 Å². The number of halogens is 1. The highest BCUT2D eigenvalue weighted by Crippen LogP contribution is 2.30. The van der Waals surface area contributed by atoms with Gasteiger partial charge in [0, 0.05) is 0 Å². The van der Waals surface area contributed by atoms with E-state index in [0.717, 1.165) is 0 Å². The van der Waals surface area contributed by atoms with Crippen molar-refractivity contribution in [1.29, 1.82) is 0 Å². The number of carboxylic acids is 1. The first-order valence-corrected chi connectivity index (χ1v) is 5.76. The molecule has 18 heavy (non-hydrogen) atoms. The maximum Gasteiger partial charge on any atom is 0.307 e. The first-order chi connectivity index (χ1) is 8.65. The Kier molecular flexibility index (Phi) is 3.85. The summed E-state index contributed by atoms with van der Waals surface area (Å²) in [5.41, 5.74) is 0.646. The molecule has 0 aliphatic heterocycles. The van der Waals surface area contributed by atoms with Crippen LogP contribution in [0.1, 0.15) is 5.56 Å². The molecule has 0 bridgehead atoms. The van der Waals surface area contributed by atoms with Crippen molar-refractivity contribution in [2.24, 2.45) is 0 Å². The van der Waals surface area contributed by atoms with Crippen molar-refractivity contribution in [3.05, 3.63) is 59.1 Å². The summed E-state index contributed by atoms with van der Waals surface area (Å²) in [5, 5.41) is 9.09. The molecule has 92 valence electrons. The van der Waals surface area contributed by atoms with Crippen LogP contribution in [0.25, 0.3) is 0 Å². The number of para-hydroxylation sites is 1. The molecule has 0 spiro atoms. The minimum atomic E-state index is -0.886. The van der Waals surface area contributed by atoms with E-state index >= 15 is 0 Å². The number of rotatable bonds is 4. The monoisotopic (exact) mass is 262 g/mol. The maximum atomic E-state index is 10.6. The minimum absolute atomic E-state index is 0.0503. The minimum Gasteiger partial charge on any atom is -0.481 e. The van der Waals surface area contributed by atoms with Gasteiger partial charge in [-0.25, -0.2) is 0 Å². The smallest absolute Gasteiger partial charge is 0.307 e. The predicted octanol–water partition coefficient (Wildman–Crippen LogP) is 3.76. The van der Waals surface area contributed by atoms with Gasteiger partial charge in [-0.05, 0) is 29.8 Å². The van der Waals surface area contributed by atoms with Crippen molar-refractivity contribution < 1.29 is 14.6 Å². The lowest BCUT2D eigenvalue weighted by molar-refractivity contribution is -0.136. The van der Waals surface area contributed by atoms with Gasteiger partial charge in [-0.2, -0.15) is 0 Å². The van der Waals surface area contributed by atoms with Crippen LogP contribution in [0.5, 0.6) is 11.5 Å². The third-order valence-electron chi connectivity index (χ3n) is 2.32. The number of carbonyl (C=O) groups is 1. The lowest BCUT2D eigenvalue weighted by Gasteiger charge is -2.08. The fourth-order valence-corrected chi connectivity index (χ4v) is 1.77. The Labute approximate surface area is 110 Å². The molecule has 0 saturated carbocycles. The van der Waals surface area contributed by atoms with Crippen LogP contribution >= 0.6 is 11.6 Å². The lowest BCUT2D eigenvalue weighted by atomic mass is 10.1. The van der Waals surface area contributed by atoms with E-state index in [1.54, 1.807) is 18.2 Å². The van der Waals surface area contributed by atoms with Crippen LogP contribution < -0.4 is 4.74 Å². The fourth-order valence-electron chi connectivity index (χ4n) is 1.53. The summed E-state index contributed by atoms with van der Waals surface area (Å²) < 4.78 is 5.59. The van der Waals surface area contributed by atoms with Gasteiger partial charge >= 0.3 is 5.97 Å². The summed E-state index contributed by atoms with van der Waals surface area (Å²) >= 11 is 6.04. The van der Waals surface area contributed by atoms with Crippen LogP contribution in [0.3, 0.4) is 0 Å². The number of ether oxygens (including phenoxy) is 1. The van der Waals surface area contributed by atoms with Gasteiger partial charge in [-0.15, -0.1) is 0 Å². The standard InChI is InChI=1S/C14H11ClO3/c15-12-8-10(9-14(16)17)6-7-13(12)18-11-4-2-1-3-5-11/h1-8H,9H2,(H,16,17). The fraction of sp³-hybridized carbons (Fsp3) is 0.0714. The molecule has 2 rings (SSSR count). The van der Waals surface area contributed by atoms with Gasteiger partial charge in [-0.3, -0.25) is 4.79 Å². The second-order valence-corrected chi connectivity index (χ2v) is 4.16. The van der Waals surface area contributed by atoms with E-state index in [2.05, 4.69) is 0 Å². The van der Waals surface area contributed by atoms with Crippen LogP contribution in [0, 0.1) is 0 Å². The molecule has 0 aliphatic rings. The molecular formula is C14H11ClO3. The highest BCUT2D eigenvalue weighted by molar-refractivity contribution is 6.32. The summed E-state index contributed by atoms with van der Waals surface area (Å²) in [7, 11) is 0. The van der Waals surface area contributed by atoms with Gasteiger partial charge < -0.3 is 9.84 Å². The number of carboxylic acid groups (broad SMARTS) is 1. The summed E-state index contributed by atoms with van der Waals surface area (Å²) in [6.07, 6.45) is -0.0503. The molecule has 1 N–H and O–H groups in total. The molecule has 0 aliphatic carbocycles. The van der Waals surface area contributed by atoms with Crippen LogP contribution in [-0.2, 0) is 11.2 Å². The molecule has 0 amide bonds. The SMILES string of the molecule is O=C(O)Cc1ccc(Oc2ccccc2)c(Cl)c1. The normalized spacial score (nSPS) is 10.1. The first kappa shape index (κ1) is 12.5. The number of benzene rings is 2. The Morgan fingerprint density at radius 1 is 1.17 bits per heavy atom. The molecule has 4 heteroatoms. The van der Waals surface area contributed by atoms with E-state index in [9.17, 15) is 4.79 Å². The van der Waals surface area contributed by atoms with Crippen LogP contribution in [0.15, 0.2) is 48.5 Å². The van der Waals surface area contributed by atoms with Crippen LogP contribution in [-0.4, -0.2) is 11.1 Å². The molecule has 0 saturated heterocycles. The summed E-state index contributed by atoms with van der Waals surface area (Å²) in [4.78, 5) is 10.6. The Morgan fingerprint density at radius 3 is 2.50 bits per heavy atom. The highest BCUT2D eigenvalue weighted by Gasteiger charge is 2.06. The molecule has 2 aromatic rings. The second kappa shape index (κ2) is 5.56. The first-order valence-electron chi connectivity index (χ1n) is 5.38. The molecule has 0 aromatic heterocycles. The van der Waals surface area contributed by atoms with E-state index in [4.69, 9.17) is 21.4 Å². The summed E-state index contributed by atoms with van der Waals surface area (Å²) in [6, 6.07) is 14.2. The largest absolute Gasteiger partial charge is 0.481 e. The average Bonchev–Trinajstić information content (AvgIpc) is 2.33. The summed E-state index contributed by atoms with van der Waals surface area (Å²) in [6.45, 7) is 0. The quantitative estimate of drug-likeness (QED) is 0.913. The molecule has 0 radical (unpaired) electrons. The van der Waals surface area contributed by atoms with Crippen LogP contribution in [0.2, 0.25) is 5.02 Å². The molecule has 0 atom stereocenters. The van der Waals surface area contributed by atoms with Gasteiger partial charge in [0.25, 0.3) is 0 Å². The van der Waals surface area contributed by atoms with Crippen molar-refractivity contribution >= 4 is 17.6 Å². The van der Waals surface area contributed by atoms with Crippen molar-refractivity contribution in [3.8, 4) is 11.5 Å². The maximum absolute atomic E-state index is 10.6. The average molecular weight is 263 g/mol. The van der Waals surface area contributed by atoms with Crippen molar-refractivity contribution in [2.45, 2.75) is 6.42 Å². The summed E-state index contributed by atoms with van der Waals surface area (Å²) in [5.74, 6) is 0.310. The van der Waals surface area contributed by atoms with E-state index < -0.39 is 5.97 Å². The van der Waals surface area contributed by atoms with Crippen molar-refractivity contribution in [1.82, 2.24) is 0 Å². The molecule has 0 fully saturated rings.